The van der Waals surface area contributed by atoms with E-state index < -0.39 is 0 Å². The van der Waals surface area contributed by atoms with E-state index in [-0.39, 0.29) is 12.1 Å². The van der Waals surface area contributed by atoms with E-state index in [1.807, 2.05) is 30.1 Å². The number of nitrogens with zero attached hydrogens (tertiary/aromatic N) is 2. The highest BCUT2D eigenvalue weighted by Gasteiger charge is 2.32. The molecule has 3 rings (SSSR count). The van der Waals surface area contributed by atoms with Crippen LogP contribution in [0.15, 0.2) is 36.5 Å². The molecule has 4 heteroatoms. The highest BCUT2D eigenvalue weighted by molar-refractivity contribution is 5.38. The Bertz CT molecular complexity index is 539. The number of ether oxygens (including phenoxy) is 1. The molecule has 0 saturated carbocycles. The van der Waals surface area contributed by atoms with Crippen LogP contribution in [0, 0.1) is 0 Å². The van der Waals surface area contributed by atoms with Crippen molar-refractivity contribution in [1.29, 1.82) is 0 Å². The molecule has 0 fully saturated rings. The zero-order chi connectivity index (χ0) is 13.2. The van der Waals surface area contributed by atoms with Crippen LogP contribution in [-0.2, 0) is 13.5 Å². The monoisotopic (exact) mass is 257 g/mol. The maximum absolute atomic E-state index is 6.10. The molecular weight excluding hydrogens is 238 g/mol. The molecule has 0 saturated heterocycles. The zero-order valence-corrected chi connectivity index (χ0v) is 11.3. The first kappa shape index (κ1) is 12.2. The molecule has 1 aliphatic rings. The van der Waals surface area contributed by atoms with Gasteiger partial charge in [-0.05, 0) is 24.2 Å². The average Bonchev–Trinajstić information content (AvgIpc) is 3.02. The fraction of sp³-hybridized carbons (Fsp3) is 0.400. The van der Waals surface area contributed by atoms with Gasteiger partial charge >= 0.3 is 0 Å². The quantitative estimate of drug-likeness (QED) is 0.911. The summed E-state index contributed by atoms with van der Waals surface area (Å²) in [4.78, 5) is 0. The third-order valence-corrected chi connectivity index (χ3v) is 3.65. The van der Waals surface area contributed by atoms with Crippen molar-refractivity contribution in [3.05, 3.63) is 47.8 Å². The number of aryl methyl sites for hydroxylation is 1. The fourth-order valence-corrected chi connectivity index (χ4v) is 2.73. The summed E-state index contributed by atoms with van der Waals surface area (Å²) < 4.78 is 8.01. The lowest BCUT2D eigenvalue weighted by Crippen LogP contribution is -2.36. The van der Waals surface area contributed by atoms with Gasteiger partial charge in [0.15, 0.2) is 0 Å². The van der Waals surface area contributed by atoms with Crippen LogP contribution in [0.3, 0.4) is 0 Å². The lowest BCUT2D eigenvalue weighted by Gasteiger charge is -2.24. The van der Waals surface area contributed by atoms with E-state index >= 15 is 0 Å². The maximum Gasteiger partial charge on any atom is 0.124 e. The van der Waals surface area contributed by atoms with Crippen molar-refractivity contribution in [1.82, 2.24) is 15.1 Å². The predicted molar refractivity (Wildman–Crippen MR) is 74.2 cm³/mol. The first-order valence-corrected chi connectivity index (χ1v) is 6.75. The molecule has 0 bridgehead atoms. The van der Waals surface area contributed by atoms with Gasteiger partial charge in [-0.3, -0.25) is 4.68 Å². The van der Waals surface area contributed by atoms with Crippen LogP contribution in [0.1, 0.15) is 24.2 Å². The topological polar surface area (TPSA) is 39.1 Å². The highest BCUT2D eigenvalue weighted by Crippen LogP contribution is 2.33. The van der Waals surface area contributed by atoms with E-state index in [1.165, 1.54) is 11.3 Å². The van der Waals surface area contributed by atoms with Crippen LogP contribution >= 0.6 is 0 Å². The summed E-state index contributed by atoms with van der Waals surface area (Å²) >= 11 is 0. The van der Waals surface area contributed by atoms with Crippen LogP contribution in [0.5, 0.6) is 5.75 Å². The number of benzene rings is 1. The number of hydrogen-bond donors (Lipinski definition) is 1. The van der Waals surface area contributed by atoms with Gasteiger partial charge < -0.3 is 10.1 Å². The standard InChI is InChI=1S/C15H19N3O/c1-3-16-15(12-8-9-17-18(12)2)14-10-11-6-4-5-7-13(11)19-14/h4-9,14-16H,3,10H2,1-2H3. The van der Waals surface area contributed by atoms with E-state index in [9.17, 15) is 0 Å². The van der Waals surface area contributed by atoms with Crippen molar-refractivity contribution >= 4 is 0 Å². The van der Waals surface area contributed by atoms with E-state index in [0.29, 0.717) is 0 Å². The number of para-hydroxylation sites is 1. The Balaban J connectivity index is 1.86. The summed E-state index contributed by atoms with van der Waals surface area (Å²) in [6, 6.07) is 10.5. The second-order valence-corrected chi connectivity index (χ2v) is 4.88. The number of rotatable bonds is 4. The summed E-state index contributed by atoms with van der Waals surface area (Å²) in [5.41, 5.74) is 2.46. The summed E-state index contributed by atoms with van der Waals surface area (Å²) in [6.45, 7) is 3.03. The largest absolute Gasteiger partial charge is 0.488 e. The Hall–Kier alpha value is -1.81. The Labute approximate surface area is 113 Å². The molecule has 0 aliphatic carbocycles. The Morgan fingerprint density at radius 1 is 1.42 bits per heavy atom. The Kier molecular flexibility index (Phi) is 3.25. The molecule has 0 spiro atoms. The van der Waals surface area contributed by atoms with Crippen LogP contribution in [0.4, 0.5) is 0 Å². The van der Waals surface area contributed by atoms with Gasteiger partial charge in [0.2, 0.25) is 0 Å². The molecule has 1 aromatic carbocycles. The summed E-state index contributed by atoms with van der Waals surface area (Å²) in [6.07, 6.45) is 2.91. The van der Waals surface area contributed by atoms with Crippen LogP contribution in [0.2, 0.25) is 0 Å². The van der Waals surface area contributed by atoms with Crippen molar-refractivity contribution < 1.29 is 4.74 Å². The van der Waals surface area contributed by atoms with Gasteiger partial charge in [-0.25, -0.2) is 0 Å². The Morgan fingerprint density at radius 3 is 2.95 bits per heavy atom. The van der Waals surface area contributed by atoms with Crippen molar-refractivity contribution in [3.8, 4) is 5.75 Å². The first-order chi connectivity index (χ1) is 9.29. The van der Waals surface area contributed by atoms with E-state index in [4.69, 9.17) is 4.74 Å². The summed E-state index contributed by atoms with van der Waals surface area (Å²) in [5, 5.41) is 7.78. The van der Waals surface area contributed by atoms with Crippen LogP contribution in [-0.4, -0.2) is 22.4 Å². The SMILES string of the molecule is CCNC(c1ccnn1C)C1Cc2ccccc2O1. The molecular formula is C15H19N3O. The second-order valence-electron chi connectivity index (χ2n) is 4.88. The molecule has 0 radical (unpaired) electrons. The van der Waals surface area contributed by atoms with Crippen molar-refractivity contribution in [3.63, 3.8) is 0 Å². The van der Waals surface area contributed by atoms with Gasteiger partial charge in [-0.15, -0.1) is 0 Å². The third-order valence-electron chi connectivity index (χ3n) is 3.65. The number of hydrogen-bond acceptors (Lipinski definition) is 3. The van der Waals surface area contributed by atoms with Gasteiger partial charge in [0.05, 0.1) is 11.7 Å². The molecule has 0 amide bonds. The normalized spacial score (nSPS) is 18.9. The lowest BCUT2D eigenvalue weighted by atomic mass is 10.0. The van der Waals surface area contributed by atoms with Crippen molar-refractivity contribution in [2.24, 2.45) is 7.05 Å². The fourth-order valence-electron chi connectivity index (χ4n) is 2.73. The summed E-state index contributed by atoms with van der Waals surface area (Å²) in [5.74, 6) is 1.01. The van der Waals surface area contributed by atoms with Crippen molar-refractivity contribution in [2.45, 2.75) is 25.5 Å². The predicted octanol–water partition coefficient (Wildman–Crippen LogP) is 2.07. The second kappa shape index (κ2) is 5.05. The smallest absolute Gasteiger partial charge is 0.124 e. The van der Waals surface area contributed by atoms with E-state index in [0.717, 1.165) is 18.7 Å². The molecule has 100 valence electrons. The van der Waals surface area contributed by atoms with Gasteiger partial charge in [-0.1, -0.05) is 25.1 Å². The summed E-state index contributed by atoms with van der Waals surface area (Å²) in [7, 11) is 1.97. The number of aromatic nitrogens is 2. The minimum absolute atomic E-state index is 0.132. The van der Waals surface area contributed by atoms with Gasteiger partial charge in [0.25, 0.3) is 0 Å². The maximum atomic E-state index is 6.10. The zero-order valence-electron chi connectivity index (χ0n) is 11.3. The molecule has 2 atom stereocenters. The molecule has 4 nitrogen and oxygen atoms in total. The van der Waals surface area contributed by atoms with Gasteiger partial charge in [0.1, 0.15) is 11.9 Å². The molecule has 2 heterocycles. The first-order valence-electron chi connectivity index (χ1n) is 6.75. The number of fused-ring (bicyclic) bond motifs is 1. The molecule has 2 unspecified atom stereocenters. The molecule has 1 aliphatic heterocycles. The molecule has 1 aromatic heterocycles. The van der Waals surface area contributed by atoms with Crippen molar-refractivity contribution in [2.75, 3.05) is 6.54 Å². The van der Waals surface area contributed by atoms with Crippen LogP contribution < -0.4 is 10.1 Å². The van der Waals surface area contributed by atoms with Gasteiger partial charge in [-0.2, -0.15) is 5.10 Å². The molecule has 19 heavy (non-hydrogen) atoms. The highest BCUT2D eigenvalue weighted by atomic mass is 16.5. The number of likely N-dealkylation sites (N-methyl/N-ethyl adjacent to an activating group) is 1. The third kappa shape index (κ3) is 2.24. The average molecular weight is 257 g/mol. The van der Waals surface area contributed by atoms with E-state index in [1.54, 1.807) is 0 Å². The lowest BCUT2D eigenvalue weighted by molar-refractivity contribution is 0.175. The Morgan fingerprint density at radius 2 is 2.26 bits per heavy atom. The van der Waals surface area contributed by atoms with E-state index in [2.05, 4.69) is 35.5 Å². The molecule has 2 aromatic rings. The molecule has 1 N–H and O–H groups in total. The minimum Gasteiger partial charge on any atom is -0.488 e. The number of nitrogens with one attached hydrogen (secondary N) is 1. The van der Waals surface area contributed by atoms with Gasteiger partial charge in [0, 0.05) is 19.7 Å². The minimum atomic E-state index is 0.132. The van der Waals surface area contributed by atoms with Crippen LogP contribution in [0.25, 0.3) is 0 Å².